The summed E-state index contributed by atoms with van der Waals surface area (Å²) in [5.74, 6) is 0.940. The second kappa shape index (κ2) is 6.31. The highest BCUT2D eigenvalue weighted by Gasteiger charge is 2.13. The number of benzene rings is 1. The second-order valence-corrected chi connectivity index (χ2v) is 5.44. The molecule has 2 N–H and O–H groups in total. The fourth-order valence-corrected chi connectivity index (χ4v) is 2.69. The Morgan fingerprint density at radius 3 is 2.65 bits per heavy atom. The van der Waals surface area contributed by atoms with E-state index in [1.807, 2.05) is 0 Å². The van der Waals surface area contributed by atoms with Crippen LogP contribution in [0.2, 0.25) is 0 Å². The van der Waals surface area contributed by atoms with E-state index in [0.29, 0.717) is 6.54 Å². The van der Waals surface area contributed by atoms with Crippen molar-refractivity contribution >= 4 is 10.9 Å². The van der Waals surface area contributed by atoms with Gasteiger partial charge in [-0.2, -0.15) is 0 Å². The average Bonchev–Trinajstić information content (AvgIpc) is 2.71. The first kappa shape index (κ1) is 14.9. The van der Waals surface area contributed by atoms with Crippen molar-refractivity contribution in [2.45, 2.75) is 59.7 Å². The lowest BCUT2D eigenvalue weighted by Crippen LogP contribution is -2.09. The monoisotopic (exact) mass is 274 g/mol. The topological polar surface area (TPSA) is 40.2 Å². The fourth-order valence-electron chi connectivity index (χ4n) is 2.69. The first-order chi connectivity index (χ1) is 9.62. The zero-order valence-corrected chi connectivity index (χ0v) is 13.1. The molecule has 0 amide bonds. The molecule has 0 radical (unpaired) electrons. The Hall–Kier alpha value is -1.48. The molecule has 1 atom stereocenters. The minimum absolute atomic E-state index is 0.243. The molecule has 2 rings (SSSR count). The van der Waals surface area contributed by atoms with Crippen molar-refractivity contribution in [2.24, 2.45) is 5.73 Å². The third kappa shape index (κ3) is 2.68. The lowest BCUT2D eigenvalue weighted by Gasteiger charge is -2.13. The van der Waals surface area contributed by atoms with Crippen molar-refractivity contribution in [2.75, 3.05) is 0 Å². The molecule has 110 valence electrons. The molecule has 0 unspecified atom stereocenters. The van der Waals surface area contributed by atoms with E-state index in [9.17, 15) is 0 Å². The fraction of sp³-hybridized carbons (Fsp3) is 0.529. The molecule has 0 bridgehead atoms. The summed E-state index contributed by atoms with van der Waals surface area (Å²) in [4.78, 5) is 0. The molecule has 0 saturated carbocycles. The van der Waals surface area contributed by atoms with Gasteiger partial charge in [-0.05, 0) is 50.5 Å². The SMILES string of the molecule is CCCn1c(C)c(CN)c2cc(O[C@H](C)CC)ccc21. The van der Waals surface area contributed by atoms with Crippen LogP contribution >= 0.6 is 0 Å². The van der Waals surface area contributed by atoms with E-state index in [-0.39, 0.29) is 6.10 Å². The molecule has 3 heteroatoms. The van der Waals surface area contributed by atoms with Crippen molar-refractivity contribution in [3.63, 3.8) is 0 Å². The van der Waals surface area contributed by atoms with Crippen molar-refractivity contribution in [3.8, 4) is 5.75 Å². The number of hydrogen-bond acceptors (Lipinski definition) is 2. The average molecular weight is 274 g/mol. The van der Waals surface area contributed by atoms with Crippen LogP contribution in [0.5, 0.6) is 5.75 Å². The molecule has 2 aromatic rings. The number of rotatable bonds is 6. The summed E-state index contributed by atoms with van der Waals surface area (Å²) < 4.78 is 8.30. The maximum Gasteiger partial charge on any atom is 0.120 e. The molecule has 1 aromatic carbocycles. The zero-order valence-electron chi connectivity index (χ0n) is 13.1. The van der Waals surface area contributed by atoms with Gasteiger partial charge in [-0.15, -0.1) is 0 Å². The number of hydrogen-bond donors (Lipinski definition) is 1. The molecule has 20 heavy (non-hydrogen) atoms. The summed E-state index contributed by atoms with van der Waals surface area (Å²) in [6, 6.07) is 6.37. The molecule has 3 nitrogen and oxygen atoms in total. The minimum atomic E-state index is 0.243. The van der Waals surface area contributed by atoms with E-state index in [1.165, 1.54) is 22.2 Å². The Morgan fingerprint density at radius 2 is 2.05 bits per heavy atom. The Morgan fingerprint density at radius 1 is 1.30 bits per heavy atom. The predicted octanol–water partition coefficient (Wildman–Crippen LogP) is 4.00. The van der Waals surface area contributed by atoms with Gasteiger partial charge in [0, 0.05) is 29.7 Å². The summed E-state index contributed by atoms with van der Waals surface area (Å²) in [5.41, 5.74) is 9.74. The molecule has 0 saturated heterocycles. The van der Waals surface area contributed by atoms with Gasteiger partial charge in [0.1, 0.15) is 5.75 Å². The first-order valence-corrected chi connectivity index (χ1v) is 7.60. The number of aryl methyl sites for hydroxylation is 1. The highest BCUT2D eigenvalue weighted by atomic mass is 16.5. The molecule has 0 spiro atoms. The molecule has 0 aliphatic rings. The lowest BCUT2D eigenvalue weighted by molar-refractivity contribution is 0.217. The van der Waals surface area contributed by atoms with E-state index in [4.69, 9.17) is 10.5 Å². The van der Waals surface area contributed by atoms with Crippen molar-refractivity contribution in [1.29, 1.82) is 0 Å². The largest absolute Gasteiger partial charge is 0.491 e. The molecule has 0 aliphatic carbocycles. The van der Waals surface area contributed by atoms with Gasteiger partial charge in [-0.3, -0.25) is 0 Å². The highest BCUT2D eigenvalue weighted by Crippen LogP contribution is 2.30. The molecule has 1 heterocycles. The van der Waals surface area contributed by atoms with Crippen LogP contribution in [0.25, 0.3) is 10.9 Å². The van der Waals surface area contributed by atoms with Crippen molar-refractivity contribution in [3.05, 3.63) is 29.5 Å². The maximum absolute atomic E-state index is 5.95. The molecule has 0 aliphatic heterocycles. The quantitative estimate of drug-likeness (QED) is 0.865. The lowest BCUT2D eigenvalue weighted by atomic mass is 10.1. The van der Waals surface area contributed by atoms with E-state index < -0.39 is 0 Å². The van der Waals surface area contributed by atoms with Crippen LogP contribution in [0.15, 0.2) is 18.2 Å². The second-order valence-electron chi connectivity index (χ2n) is 5.44. The van der Waals surface area contributed by atoms with Gasteiger partial charge in [0.15, 0.2) is 0 Å². The van der Waals surface area contributed by atoms with Crippen LogP contribution in [0.1, 0.15) is 44.9 Å². The van der Waals surface area contributed by atoms with Gasteiger partial charge in [-0.25, -0.2) is 0 Å². The molecular weight excluding hydrogens is 248 g/mol. The molecular formula is C17H26N2O. The summed E-state index contributed by atoms with van der Waals surface area (Å²) in [5, 5.41) is 1.24. The van der Waals surface area contributed by atoms with Crippen molar-refractivity contribution in [1.82, 2.24) is 4.57 Å². The van der Waals surface area contributed by atoms with E-state index >= 15 is 0 Å². The van der Waals surface area contributed by atoms with Crippen LogP contribution in [-0.2, 0) is 13.1 Å². The van der Waals surface area contributed by atoms with Gasteiger partial charge < -0.3 is 15.0 Å². The number of nitrogens with zero attached hydrogens (tertiary/aromatic N) is 1. The Labute approximate surface area is 121 Å². The normalized spacial score (nSPS) is 12.8. The zero-order chi connectivity index (χ0) is 14.7. The number of ether oxygens (including phenoxy) is 1. The molecule has 1 aromatic heterocycles. The van der Waals surface area contributed by atoms with E-state index in [2.05, 4.69) is 50.5 Å². The van der Waals surface area contributed by atoms with Gasteiger partial charge in [0.2, 0.25) is 0 Å². The van der Waals surface area contributed by atoms with Gasteiger partial charge >= 0.3 is 0 Å². The van der Waals surface area contributed by atoms with Gasteiger partial charge in [-0.1, -0.05) is 13.8 Å². The van der Waals surface area contributed by atoms with Crippen molar-refractivity contribution < 1.29 is 4.74 Å². The smallest absolute Gasteiger partial charge is 0.120 e. The van der Waals surface area contributed by atoms with Gasteiger partial charge in [0.25, 0.3) is 0 Å². The van der Waals surface area contributed by atoms with Crippen LogP contribution in [0.4, 0.5) is 0 Å². The standard InChI is InChI=1S/C17H26N2O/c1-5-9-19-13(4)16(11-18)15-10-14(7-8-17(15)19)20-12(3)6-2/h7-8,10,12H,5-6,9,11,18H2,1-4H3/t12-/m1/s1. The first-order valence-electron chi connectivity index (χ1n) is 7.60. The number of fused-ring (bicyclic) bond motifs is 1. The third-order valence-electron chi connectivity index (χ3n) is 3.99. The van der Waals surface area contributed by atoms with Gasteiger partial charge in [0.05, 0.1) is 6.10 Å². The number of aromatic nitrogens is 1. The van der Waals surface area contributed by atoms with Crippen LogP contribution in [0, 0.1) is 6.92 Å². The Balaban J connectivity index is 2.50. The summed E-state index contributed by atoms with van der Waals surface area (Å²) in [7, 11) is 0. The molecule has 0 fully saturated rings. The maximum atomic E-state index is 5.95. The van der Waals surface area contributed by atoms with Crippen LogP contribution in [0.3, 0.4) is 0 Å². The van der Waals surface area contributed by atoms with E-state index in [1.54, 1.807) is 0 Å². The van der Waals surface area contributed by atoms with Crippen LogP contribution < -0.4 is 10.5 Å². The summed E-state index contributed by atoms with van der Waals surface area (Å²) in [6.07, 6.45) is 2.38. The highest BCUT2D eigenvalue weighted by molar-refractivity contribution is 5.87. The Kier molecular flexibility index (Phi) is 4.71. The summed E-state index contributed by atoms with van der Waals surface area (Å²) >= 11 is 0. The number of nitrogens with two attached hydrogens (primary N) is 1. The predicted molar refractivity (Wildman–Crippen MR) is 85.2 cm³/mol. The summed E-state index contributed by atoms with van der Waals surface area (Å²) in [6.45, 7) is 10.2. The third-order valence-corrected chi connectivity index (χ3v) is 3.99. The Bertz CT molecular complexity index is 586. The minimum Gasteiger partial charge on any atom is -0.491 e. The van der Waals surface area contributed by atoms with Crippen LogP contribution in [-0.4, -0.2) is 10.7 Å². The van der Waals surface area contributed by atoms with E-state index in [0.717, 1.165) is 25.1 Å².